The average molecular weight is 374 g/mol. The topological polar surface area (TPSA) is 53.4 Å². The van der Waals surface area contributed by atoms with E-state index in [1.54, 1.807) is 19.6 Å². The molecule has 1 heterocycles. The fourth-order valence-electron chi connectivity index (χ4n) is 3.41. The monoisotopic (exact) mass is 374 g/mol. The number of carbonyl (C=O) groups excluding carboxylic acids is 1. The predicted molar refractivity (Wildman–Crippen MR) is 108 cm³/mol. The van der Waals surface area contributed by atoms with Crippen LogP contribution < -0.4 is 9.47 Å². The molecule has 0 fully saturated rings. The summed E-state index contributed by atoms with van der Waals surface area (Å²) in [7, 11) is 1.63. The second kappa shape index (κ2) is 8.13. The number of allylic oxidation sites excluding steroid dienone is 1. The minimum Gasteiger partial charge on any atom is -0.493 e. The molecule has 0 spiro atoms. The van der Waals surface area contributed by atoms with Gasteiger partial charge in [-0.25, -0.2) is 4.98 Å². The van der Waals surface area contributed by atoms with E-state index in [0.29, 0.717) is 24.5 Å². The van der Waals surface area contributed by atoms with Gasteiger partial charge in [-0.2, -0.15) is 0 Å². The number of hydrogen-bond donors (Lipinski definition) is 0. The third-order valence-electron chi connectivity index (χ3n) is 4.84. The van der Waals surface area contributed by atoms with Crippen LogP contribution in [0, 0.1) is 0 Å². The zero-order valence-corrected chi connectivity index (χ0v) is 15.8. The summed E-state index contributed by atoms with van der Waals surface area (Å²) in [5.74, 6) is 1.48. The van der Waals surface area contributed by atoms with Crippen LogP contribution in [-0.4, -0.2) is 29.1 Å². The maximum Gasteiger partial charge on any atom is 0.189 e. The molecule has 0 bridgehead atoms. The smallest absolute Gasteiger partial charge is 0.189 e. The molecule has 0 radical (unpaired) electrons. The lowest BCUT2D eigenvalue weighted by molar-refractivity contribution is 0.104. The highest BCUT2D eigenvalue weighted by Crippen LogP contribution is 2.31. The van der Waals surface area contributed by atoms with Gasteiger partial charge in [0.2, 0.25) is 0 Å². The summed E-state index contributed by atoms with van der Waals surface area (Å²) in [6.45, 7) is 1.44. The van der Waals surface area contributed by atoms with Gasteiger partial charge >= 0.3 is 0 Å². The number of aromatic nitrogens is 2. The van der Waals surface area contributed by atoms with Crippen molar-refractivity contribution in [3.05, 3.63) is 83.4 Å². The Morgan fingerprint density at radius 2 is 2.07 bits per heavy atom. The quantitative estimate of drug-likeness (QED) is 0.460. The van der Waals surface area contributed by atoms with Crippen molar-refractivity contribution in [1.29, 1.82) is 0 Å². The summed E-state index contributed by atoms with van der Waals surface area (Å²) in [5.41, 5.74) is 3.62. The van der Waals surface area contributed by atoms with Crippen LogP contribution in [0.25, 0.3) is 6.08 Å². The van der Waals surface area contributed by atoms with Gasteiger partial charge in [-0.05, 0) is 35.8 Å². The predicted octanol–water partition coefficient (Wildman–Crippen LogP) is 4.18. The normalized spacial score (nSPS) is 14.3. The summed E-state index contributed by atoms with van der Waals surface area (Å²) in [4.78, 5) is 16.6. The number of ether oxygens (including phenoxy) is 2. The SMILES string of the molecule is COc1cc(/C=C2\Cc3ccccc3C2=O)ccc1OCCCn1ccnc1. The van der Waals surface area contributed by atoms with Gasteiger partial charge in [0.05, 0.1) is 20.0 Å². The van der Waals surface area contributed by atoms with Gasteiger partial charge in [0.25, 0.3) is 0 Å². The fraction of sp³-hybridized carbons (Fsp3) is 0.217. The van der Waals surface area contributed by atoms with Crippen molar-refractivity contribution in [2.75, 3.05) is 13.7 Å². The van der Waals surface area contributed by atoms with E-state index in [1.807, 2.05) is 59.3 Å². The number of ketones is 1. The van der Waals surface area contributed by atoms with E-state index in [4.69, 9.17) is 9.47 Å². The van der Waals surface area contributed by atoms with E-state index in [0.717, 1.165) is 35.2 Å². The Balaban J connectivity index is 1.43. The van der Waals surface area contributed by atoms with Crippen molar-refractivity contribution in [2.24, 2.45) is 0 Å². The fourth-order valence-corrected chi connectivity index (χ4v) is 3.41. The summed E-state index contributed by atoms with van der Waals surface area (Å²) in [6.07, 6.45) is 8.98. The Kier molecular flexibility index (Phi) is 5.24. The summed E-state index contributed by atoms with van der Waals surface area (Å²) in [6, 6.07) is 13.5. The number of imidazole rings is 1. The molecule has 0 saturated carbocycles. The third kappa shape index (κ3) is 3.83. The molecule has 3 aromatic rings. The Labute approximate surface area is 164 Å². The molecule has 142 valence electrons. The first-order chi connectivity index (χ1) is 13.7. The second-order valence-electron chi connectivity index (χ2n) is 6.75. The van der Waals surface area contributed by atoms with Crippen LogP contribution in [-0.2, 0) is 13.0 Å². The van der Waals surface area contributed by atoms with Gasteiger partial charge in [0.15, 0.2) is 17.3 Å². The number of fused-ring (bicyclic) bond motifs is 1. The van der Waals surface area contributed by atoms with Crippen LogP contribution in [0.15, 0.2) is 66.8 Å². The summed E-state index contributed by atoms with van der Waals surface area (Å²) in [5, 5.41) is 0. The Bertz CT molecular complexity index is 1010. The molecule has 28 heavy (non-hydrogen) atoms. The Morgan fingerprint density at radius 1 is 1.18 bits per heavy atom. The number of rotatable bonds is 7. The van der Waals surface area contributed by atoms with Crippen LogP contribution in [0.4, 0.5) is 0 Å². The van der Waals surface area contributed by atoms with Crippen LogP contribution in [0.5, 0.6) is 11.5 Å². The van der Waals surface area contributed by atoms with E-state index >= 15 is 0 Å². The lowest BCUT2D eigenvalue weighted by Crippen LogP contribution is -2.04. The van der Waals surface area contributed by atoms with Crippen molar-refractivity contribution < 1.29 is 14.3 Å². The zero-order chi connectivity index (χ0) is 19.3. The number of hydrogen-bond acceptors (Lipinski definition) is 4. The largest absolute Gasteiger partial charge is 0.493 e. The molecule has 1 aromatic heterocycles. The molecule has 0 unspecified atom stereocenters. The van der Waals surface area contributed by atoms with Gasteiger partial charge in [0.1, 0.15) is 0 Å². The molecular weight excluding hydrogens is 352 g/mol. The van der Waals surface area contributed by atoms with Crippen LogP contribution in [0.3, 0.4) is 0 Å². The molecular formula is C23H22N2O3. The lowest BCUT2D eigenvalue weighted by atomic mass is 10.1. The highest BCUT2D eigenvalue weighted by atomic mass is 16.5. The zero-order valence-electron chi connectivity index (χ0n) is 15.8. The minimum absolute atomic E-state index is 0.106. The van der Waals surface area contributed by atoms with E-state index in [9.17, 15) is 4.79 Å². The first kappa shape index (κ1) is 18.0. The maximum absolute atomic E-state index is 12.6. The molecule has 0 N–H and O–H groups in total. The molecule has 1 aliphatic carbocycles. The van der Waals surface area contributed by atoms with Crippen LogP contribution in [0.2, 0.25) is 0 Å². The van der Waals surface area contributed by atoms with Crippen molar-refractivity contribution in [1.82, 2.24) is 9.55 Å². The number of aryl methyl sites for hydroxylation is 1. The Hall–Kier alpha value is -3.34. The highest BCUT2D eigenvalue weighted by molar-refractivity contribution is 6.15. The number of carbonyl (C=O) groups is 1. The molecule has 0 atom stereocenters. The van der Waals surface area contributed by atoms with E-state index in [1.165, 1.54) is 0 Å². The number of benzene rings is 2. The number of Topliss-reactive ketones (excluding diaryl/α,β-unsaturated/α-hetero) is 1. The molecule has 1 aliphatic rings. The van der Waals surface area contributed by atoms with E-state index in [2.05, 4.69) is 4.98 Å². The second-order valence-corrected chi connectivity index (χ2v) is 6.75. The van der Waals surface area contributed by atoms with E-state index in [-0.39, 0.29) is 5.78 Å². The van der Waals surface area contributed by atoms with Crippen LogP contribution >= 0.6 is 0 Å². The first-order valence-corrected chi connectivity index (χ1v) is 9.34. The summed E-state index contributed by atoms with van der Waals surface area (Å²) >= 11 is 0. The summed E-state index contributed by atoms with van der Waals surface area (Å²) < 4.78 is 13.4. The number of nitrogens with zero attached hydrogens (tertiary/aromatic N) is 2. The van der Waals surface area contributed by atoms with Gasteiger partial charge in [0, 0.05) is 36.5 Å². The molecule has 5 heteroatoms. The van der Waals surface area contributed by atoms with Crippen molar-refractivity contribution in [3.8, 4) is 11.5 Å². The third-order valence-corrected chi connectivity index (χ3v) is 4.84. The lowest BCUT2D eigenvalue weighted by Gasteiger charge is -2.11. The van der Waals surface area contributed by atoms with Gasteiger partial charge in [-0.1, -0.05) is 30.3 Å². The van der Waals surface area contributed by atoms with E-state index < -0.39 is 0 Å². The molecule has 0 amide bonds. The molecule has 0 aliphatic heterocycles. The van der Waals surface area contributed by atoms with Gasteiger partial charge in [-0.15, -0.1) is 0 Å². The van der Waals surface area contributed by atoms with Crippen molar-refractivity contribution in [2.45, 2.75) is 19.4 Å². The van der Waals surface area contributed by atoms with Crippen LogP contribution in [0.1, 0.15) is 27.9 Å². The molecule has 0 saturated heterocycles. The number of methoxy groups -OCH3 is 1. The standard InChI is InChI=1S/C23H22N2O3/c1-27-22-14-17(13-19-15-18-5-2-3-6-20(18)23(19)26)7-8-21(22)28-12-4-10-25-11-9-24-16-25/h2-3,5-9,11,13-14,16H,4,10,12,15H2,1H3/b19-13+. The highest BCUT2D eigenvalue weighted by Gasteiger charge is 2.24. The van der Waals surface area contributed by atoms with Gasteiger partial charge in [-0.3, -0.25) is 4.79 Å². The average Bonchev–Trinajstić information content (AvgIpc) is 3.35. The molecule has 4 rings (SSSR count). The van der Waals surface area contributed by atoms with Crippen molar-refractivity contribution in [3.63, 3.8) is 0 Å². The maximum atomic E-state index is 12.6. The molecule has 2 aromatic carbocycles. The first-order valence-electron chi connectivity index (χ1n) is 9.34. The molecule has 5 nitrogen and oxygen atoms in total. The van der Waals surface area contributed by atoms with Crippen molar-refractivity contribution >= 4 is 11.9 Å². The van der Waals surface area contributed by atoms with Gasteiger partial charge < -0.3 is 14.0 Å². The minimum atomic E-state index is 0.106. The Morgan fingerprint density at radius 3 is 2.86 bits per heavy atom.